The van der Waals surface area contributed by atoms with Crippen molar-refractivity contribution in [3.8, 4) is 0 Å². The molecule has 23 heavy (non-hydrogen) atoms. The van der Waals surface area contributed by atoms with Gasteiger partial charge < -0.3 is 10.1 Å². The molecule has 1 saturated carbocycles. The summed E-state index contributed by atoms with van der Waals surface area (Å²) in [5.41, 5.74) is 1.13. The van der Waals surface area contributed by atoms with Gasteiger partial charge in [-0.1, -0.05) is 38.0 Å². The molecule has 0 heterocycles. The quantitative estimate of drug-likeness (QED) is 0.640. The lowest BCUT2D eigenvalue weighted by Gasteiger charge is -2.29. The Kier molecular flexibility index (Phi) is 6.96. The number of benzene rings is 1. The summed E-state index contributed by atoms with van der Waals surface area (Å²) in [6, 6.07) is 8.11. The molecule has 0 bridgehead atoms. The smallest absolute Gasteiger partial charge is 0.316 e. The first-order chi connectivity index (χ1) is 11.1. The Hall–Kier alpha value is -1.49. The van der Waals surface area contributed by atoms with Crippen LogP contribution in [0.4, 0.5) is 0 Å². The van der Waals surface area contributed by atoms with Gasteiger partial charge in [-0.15, -0.1) is 11.8 Å². The van der Waals surface area contributed by atoms with Crippen molar-refractivity contribution >= 4 is 23.6 Å². The fraction of sp³-hybridized carbons (Fsp3) is 0.556. The van der Waals surface area contributed by atoms with E-state index in [9.17, 15) is 9.59 Å². The zero-order valence-electron chi connectivity index (χ0n) is 13.8. The highest BCUT2D eigenvalue weighted by Gasteiger charge is 2.23. The topological polar surface area (TPSA) is 55.4 Å². The van der Waals surface area contributed by atoms with Crippen LogP contribution in [-0.4, -0.2) is 30.3 Å². The summed E-state index contributed by atoms with van der Waals surface area (Å²) >= 11 is 1.44. The number of carbonyl (C=O) groups excluding carboxylic acids is 2. The van der Waals surface area contributed by atoms with Crippen LogP contribution in [0.15, 0.2) is 29.2 Å². The van der Waals surface area contributed by atoms with Crippen molar-refractivity contribution in [3.63, 3.8) is 0 Å². The fourth-order valence-electron chi connectivity index (χ4n) is 2.82. The lowest BCUT2D eigenvalue weighted by Crippen LogP contribution is -2.43. The normalized spacial score (nSPS) is 20.8. The number of hydrogen-bond acceptors (Lipinski definition) is 4. The first kappa shape index (κ1) is 17.9. The van der Waals surface area contributed by atoms with Crippen LogP contribution in [0.5, 0.6) is 0 Å². The zero-order valence-corrected chi connectivity index (χ0v) is 14.7. The molecule has 1 N–H and O–H groups in total. The Labute approximate surface area is 142 Å². The molecule has 1 fully saturated rings. The minimum atomic E-state index is -0.356. The molecule has 2 rings (SSSR count). The van der Waals surface area contributed by atoms with Gasteiger partial charge in [0.2, 0.25) is 0 Å². The van der Waals surface area contributed by atoms with Gasteiger partial charge in [-0.25, -0.2) is 0 Å². The van der Waals surface area contributed by atoms with Crippen molar-refractivity contribution in [2.45, 2.75) is 50.5 Å². The van der Waals surface area contributed by atoms with E-state index in [0.717, 1.165) is 29.7 Å². The van der Waals surface area contributed by atoms with Gasteiger partial charge in [-0.3, -0.25) is 9.59 Å². The Bertz CT molecular complexity index is 547. The van der Waals surface area contributed by atoms with Crippen molar-refractivity contribution in [2.24, 2.45) is 5.92 Å². The van der Waals surface area contributed by atoms with Gasteiger partial charge in [0.1, 0.15) is 0 Å². The van der Waals surface area contributed by atoms with E-state index in [1.54, 1.807) is 0 Å². The van der Waals surface area contributed by atoms with Crippen molar-refractivity contribution in [1.82, 2.24) is 5.32 Å². The van der Waals surface area contributed by atoms with E-state index in [2.05, 4.69) is 12.2 Å². The number of amides is 1. The Morgan fingerprint density at radius 1 is 1.26 bits per heavy atom. The summed E-state index contributed by atoms with van der Waals surface area (Å²) in [4.78, 5) is 24.7. The molecule has 1 aromatic rings. The molecule has 0 aromatic heterocycles. The monoisotopic (exact) mass is 335 g/mol. The average molecular weight is 335 g/mol. The van der Waals surface area contributed by atoms with Gasteiger partial charge in [0.25, 0.3) is 5.91 Å². The third kappa shape index (κ3) is 5.90. The molecule has 1 amide bonds. The van der Waals surface area contributed by atoms with Crippen LogP contribution in [0.25, 0.3) is 0 Å². The number of aryl methyl sites for hydroxylation is 1. The first-order valence-electron chi connectivity index (χ1n) is 8.19. The third-order valence-electron chi connectivity index (χ3n) is 4.26. The van der Waals surface area contributed by atoms with Crippen LogP contribution in [0.2, 0.25) is 0 Å². The lowest BCUT2D eigenvalue weighted by atomic mass is 9.86. The SMILES string of the molecule is Cc1ccccc1SCC(=O)OCC(=O)N[C@H]1CCCC[C@H]1C. The second kappa shape index (κ2) is 8.96. The minimum Gasteiger partial charge on any atom is -0.455 e. The second-order valence-electron chi connectivity index (χ2n) is 6.15. The number of ether oxygens (including phenoxy) is 1. The molecular formula is C18H25NO3S. The zero-order chi connectivity index (χ0) is 16.7. The maximum atomic E-state index is 11.9. The number of thioether (sulfide) groups is 1. The van der Waals surface area contributed by atoms with E-state index < -0.39 is 0 Å². The van der Waals surface area contributed by atoms with Gasteiger partial charge in [-0.05, 0) is 37.3 Å². The lowest BCUT2D eigenvalue weighted by molar-refractivity contribution is -0.146. The molecule has 0 radical (unpaired) electrons. The van der Waals surface area contributed by atoms with Gasteiger partial charge in [0.15, 0.2) is 6.61 Å². The second-order valence-corrected chi connectivity index (χ2v) is 7.17. The van der Waals surface area contributed by atoms with Gasteiger partial charge in [-0.2, -0.15) is 0 Å². The standard InChI is InChI=1S/C18H25NO3S/c1-13-7-3-5-9-15(13)19-17(20)11-22-18(21)12-23-16-10-6-4-8-14(16)2/h4,6,8,10,13,15H,3,5,7,9,11-12H2,1-2H3,(H,19,20)/t13-,15+/m1/s1. The minimum absolute atomic E-state index is 0.184. The number of rotatable bonds is 6. The van der Waals surface area contributed by atoms with E-state index in [1.165, 1.54) is 18.2 Å². The summed E-state index contributed by atoms with van der Waals surface area (Å²) in [6.07, 6.45) is 4.56. The predicted molar refractivity (Wildman–Crippen MR) is 92.4 cm³/mol. The number of nitrogens with one attached hydrogen (secondary N) is 1. The molecule has 1 aromatic carbocycles. The predicted octanol–water partition coefficient (Wildman–Crippen LogP) is 3.33. The van der Waals surface area contributed by atoms with Gasteiger partial charge in [0.05, 0.1) is 5.75 Å². The van der Waals surface area contributed by atoms with Crippen LogP contribution < -0.4 is 5.32 Å². The van der Waals surface area contributed by atoms with E-state index in [4.69, 9.17) is 4.74 Å². The van der Waals surface area contributed by atoms with Crippen molar-refractivity contribution in [1.29, 1.82) is 0 Å². The summed E-state index contributed by atoms with van der Waals surface area (Å²) in [6.45, 7) is 3.98. The molecule has 2 atom stereocenters. The summed E-state index contributed by atoms with van der Waals surface area (Å²) in [5.74, 6) is 0.168. The van der Waals surface area contributed by atoms with Crippen LogP contribution in [0, 0.1) is 12.8 Å². The Morgan fingerprint density at radius 2 is 2.00 bits per heavy atom. The molecule has 126 valence electrons. The highest BCUT2D eigenvalue weighted by molar-refractivity contribution is 8.00. The molecule has 4 nitrogen and oxygen atoms in total. The Balaban J connectivity index is 1.67. The summed E-state index contributed by atoms with van der Waals surface area (Å²) in [7, 11) is 0. The number of carbonyl (C=O) groups is 2. The fourth-order valence-corrected chi connectivity index (χ4v) is 3.65. The third-order valence-corrected chi connectivity index (χ3v) is 5.41. The molecule has 1 aliphatic carbocycles. The largest absolute Gasteiger partial charge is 0.455 e. The Morgan fingerprint density at radius 3 is 2.74 bits per heavy atom. The van der Waals surface area contributed by atoms with E-state index in [0.29, 0.717) is 5.92 Å². The molecule has 1 aliphatic rings. The number of hydrogen-bond donors (Lipinski definition) is 1. The molecular weight excluding hydrogens is 310 g/mol. The summed E-state index contributed by atoms with van der Waals surface area (Å²) < 4.78 is 5.07. The van der Waals surface area contributed by atoms with Crippen LogP contribution >= 0.6 is 11.8 Å². The van der Waals surface area contributed by atoms with Crippen molar-refractivity contribution in [3.05, 3.63) is 29.8 Å². The van der Waals surface area contributed by atoms with Crippen molar-refractivity contribution < 1.29 is 14.3 Å². The molecule has 0 unspecified atom stereocenters. The van der Waals surface area contributed by atoms with Crippen LogP contribution in [-0.2, 0) is 14.3 Å². The van der Waals surface area contributed by atoms with Gasteiger partial charge >= 0.3 is 5.97 Å². The summed E-state index contributed by atoms with van der Waals surface area (Å²) in [5, 5.41) is 2.98. The maximum absolute atomic E-state index is 11.9. The van der Waals surface area contributed by atoms with Gasteiger partial charge in [0, 0.05) is 10.9 Å². The van der Waals surface area contributed by atoms with Crippen LogP contribution in [0.1, 0.15) is 38.2 Å². The van der Waals surface area contributed by atoms with E-state index in [1.807, 2.05) is 31.2 Å². The average Bonchev–Trinajstić information content (AvgIpc) is 2.54. The molecule has 5 heteroatoms. The molecule has 0 spiro atoms. The highest BCUT2D eigenvalue weighted by atomic mass is 32.2. The van der Waals surface area contributed by atoms with E-state index >= 15 is 0 Å². The molecule has 0 saturated heterocycles. The van der Waals surface area contributed by atoms with Crippen LogP contribution in [0.3, 0.4) is 0 Å². The first-order valence-corrected chi connectivity index (χ1v) is 9.18. The van der Waals surface area contributed by atoms with Crippen molar-refractivity contribution in [2.75, 3.05) is 12.4 Å². The molecule has 0 aliphatic heterocycles. The number of esters is 1. The van der Waals surface area contributed by atoms with E-state index in [-0.39, 0.29) is 30.3 Å². The highest BCUT2D eigenvalue weighted by Crippen LogP contribution is 2.24. The maximum Gasteiger partial charge on any atom is 0.316 e.